The van der Waals surface area contributed by atoms with E-state index in [4.69, 9.17) is 0 Å². The Kier molecular flexibility index (Phi) is 12.3. The molecule has 6 aromatic carbocycles. The van der Waals surface area contributed by atoms with Crippen molar-refractivity contribution >= 4 is 43.1 Å². The van der Waals surface area contributed by atoms with Crippen LogP contribution in [0.4, 0.5) is 0 Å². The van der Waals surface area contributed by atoms with E-state index in [1.54, 1.807) is 28.5 Å². The molecule has 0 spiro atoms. The Morgan fingerprint density at radius 2 is 1.20 bits per heavy atom. The first kappa shape index (κ1) is 32.7. The number of aromatic nitrogens is 1. The van der Waals surface area contributed by atoms with Crippen LogP contribution in [0.5, 0.6) is 0 Å². The quantitative estimate of drug-likeness (QED) is 0.204. The van der Waals surface area contributed by atoms with Crippen LogP contribution in [0, 0.1) is 13.8 Å². The van der Waals surface area contributed by atoms with Crippen molar-refractivity contribution in [2.45, 2.75) is 20.4 Å². The first-order valence-electron chi connectivity index (χ1n) is 13.2. The summed E-state index contributed by atoms with van der Waals surface area (Å²) in [6, 6.07) is 45.0. The third-order valence-electron chi connectivity index (χ3n) is 6.79. The standard InChI is InChI=1S/C19H14N.C10H9.C7H8Si.2ClH.Zr/c1-13-11-15-6-3-8-16(18(15)12-13)17-9-2-5-14-7-4-10-20-19(14)17;1-8-6-9-4-2-3-5-10(9)7-8;1-8-7-5-3-2-4-6-7;;;/h2-12H,1H3;2-7H,1H3;2-6H,1H3;2*1H;/q2*-1;;;;+2/p-2. The molecule has 0 bridgehead atoms. The van der Waals surface area contributed by atoms with Crippen molar-refractivity contribution in [3.63, 3.8) is 0 Å². The largest absolute Gasteiger partial charge is 1.00 e. The van der Waals surface area contributed by atoms with Gasteiger partial charge in [-0.15, -0.1) is 75.1 Å². The fraction of sp³-hybridized carbons (Fsp3) is 0.0833. The van der Waals surface area contributed by atoms with Crippen LogP contribution >= 0.6 is 0 Å². The number of aryl methyl sites for hydroxylation is 2. The zero-order valence-electron chi connectivity index (χ0n) is 23.4. The molecule has 0 amide bonds. The van der Waals surface area contributed by atoms with E-state index >= 15 is 0 Å². The second-order valence-electron chi connectivity index (χ2n) is 9.87. The van der Waals surface area contributed by atoms with Gasteiger partial charge in [0.2, 0.25) is 0 Å². The Morgan fingerprint density at radius 1 is 0.610 bits per heavy atom. The zero-order chi connectivity index (χ0) is 27.2. The summed E-state index contributed by atoms with van der Waals surface area (Å²) in [5.74, 6) is 0. The number of halogens is 2. The van der Waals surface area contributed by atoms with Gasteiger partial charge in [-0.05, 0) is 11.6 Å². The topological polar surface area (TPSA) is 12.9 Å². The minimum absolute atomic E-state index is 0. The SMILES string of the molecule is C[Si](=[Zr+2])c1ccccc1.Cc1cc2c(-c3cccc4cccnc34)cccc2[cH-]1.Cc1cc2ccccc2[cH-]1.[Cl-].[Cl-]. The molecule has 0 unspecified atom stereocenters. The summed E-state index contributed by atoms with van der Waals surface area (Å²) in [6.07, 6.45) is 1.86. The van der Waals surface area contributed by atoms with Gasteiger partial charge in [0.25, 0.3) is 0 Å². The molecule has 7 aromatic rings. The number of rotatable bonds is 2. The van der Waals surface area contributed by atoms with Gasteiger partial charge in [-0.25, -0.2) is 0 Å². The molecule has 0 aliphatic rings. The van der Waals surface area contributed by atoms with Crippen molar-refractivity contribution in [3.05, 3.63) is 145 Å². The molecule has 0 aliphatic carbocycles. The Hall–Kier alpha value is -2.81. The van der Waals surface area contributed by atoms with Crippen LogP contribution < -0.4 is 30.0 Å². The van der Waals surface area contributed by atoms with E-state index in [0.717, 1.165) is 5.52 Å². The van der Waals surface area contributed by atoms with E-state index < -0.39 is 0 Å². The molecule has 204 valence electrons. The number of pyridine rings is 1. The fourth-order valence-electron chi connectivity index (χ4n) is 4.94. The molecule has 7 rings (SSSR count). The van der Waals surface area contributed by atoms with Crippen molar-refractivity contribution in [2.75, 3.05) is 0 Å². The van der Waals surface area contributed by atoms with Crippen LogP contribution in [0.1, 0.15) is 11.1 Å². The molecule has 1 nitrogen and oxygen atoms in total. The van der Waals surface area contributed by atoms with Crippen molar-refractivity contribution in [2.24, 2.45) is 0 Å². The van der Waals surface area contributed by atoms with E-state index in [-0.39, 0.29) is 30.2 Å². The first-order chi connectivity index (χ1) is 19.0. The average Bonchev–Trinajstić information content (AvgIpc) is 3.54. The van der Waals surface area contributed by atoms with E-state index in [1.165, 1.54) is 49.2 Å². The van der Waals surface area contributed by atoms with Crippen LogP contribution in [-0.2, 0) is 23.3 Å². The first-order valence-corrected chi connectivity index (χ1v) is 18.9. The van der Waals surface area contributed by atoms with E-state index in [1.807, 2.05) is 12.3 Å². The molecule has 0 saturated heterocycles. The van der Waals surface area contributed by atoms with Gasteiger partial charge in [0.15, 0.2) is 0 Å². The van der Waals surface area contributed by atoms with Gasteiger partial charge in [0.05, 0.1) is 5.52 Å². The molecule has 0 N–H and O–H groups in total. The van der Waals surface area contributed by atoms with Crippen molar-refractivity contribution < 1.29 is 48.1 Å². The Labute approximate surface area is 270 Å². The number of benzene rings is 4. The van der Waals surface area contributed by atoms with Crippen LogP contribution in [0.3, 0.4) is 0 Å². The van der Waals surface area contributed by atoms with Crippen molar-refractivity contribution in [1.29, 1.82) is 0 Å². The molecule has 0 radical (unpaired) electrons. The smallest absolute Gasteiger partial charge is 0.0772 e. The third kappa shape index (κ3) is 8.15. The minimum Gasteiger partial charge on any atom is -1.00 e. The minimum atomic E-state index is -0.122. The molecule has 5 heteroatoms. The predicted molar refractivity (Wildman–Crippen MR) is 167 cm³/mol. The molecule has 0 atom stereocenters. The third-order valence-corrected chi connectivity index (χ3v) is 10.1. The Bertz CT molecular complexity index is 1830. The summed E-state index contributed by atoms with van der Waals surface area (Å²) in [5, 5.41) is 8.04. The number of hydrogen-bond donors (Lipinski definition) is 0. The summed E-state index contributed by atoms with van der Waals surface area (Å²) in [6.45, 7) is 6.61. The fourth-order valence-corrected chi connectivity index (χ4v) is 6.86. The van der Waals surface area contributed by atoms with Gasteiger partial charge < -0.3 is 24.8 Å². The van der Waals surface area contributed by atoms with Gasteiger partial charge in [-0.1, -0.05) is 55.8 Å². The maximum atomic E-state index is 4.57. The number of fused-ring (bicyclic) bond motifs is 3. The Balaban J connectivity index is 0.000000186. The Morgan fingerprint density at radius 3 is 1.93 bits per heavy atom. The molecular formula is C36H31Cl2NSiZr-2. The second-order valence-corrected chi connectivity index (χ2v) is 17.2. The predicted octanol–water partition coefficient (Wildman–Crippen LogP) is 3.02. The maximum absolute atomic E-state index is 4.57. The van der Waals surface area contributed by atoms with Gasteiger partial charge in [-0.2, -0.15) is 12.1 Å². The second kappa shape index (κ2) is 15.4. The molecule has 1 aromatic heterocycles. The van der Waals surface area contributed by atoms with Crippen LogP contribution in [-0.4, -0.2) is 10.4 Å². The summed E-state index contributed by atoms with van der Waals surface area (Å²) in [5.41, 5.74) is 6.07. The monoisotopic (exact) mass is 665 g/mol. The maximum Gasteiger partial charge on any atom is 0.0772 e. The molecule has 0 saturated carbocycles. The normalized spacial score (nSPS) is 10.1. The molecule has 41 heavy (non-hydrogen) atoms. The van der Waals surface area contributed by atoms with Gasteiger partial charge in [-0.3, -0.25) is 4.98 Å². The van der Waals surface area contributed by atoms with E-state index in [9.17, 15) is 0 Å². The summed E-state index contributed by atoms with van der Waals surface area (Å²) >= 11 is 1.69. The molecule has 1 heterocycles. The zero-order valence-corrected chi connectivity index (χ0v) is 28.4. The average molecular weight is 668 g/mol. The molecule has 0 aliphatic heterocycles. The van der Waals surface area contributed by atoms with Crippen LogP contribution in [0.25, 0.3) is 43.6 Å². The van der Waals surface area contributed by atoms with E-state index in [0.29, 0.717) is 0 Å². The van der Waals surface area contributed by atoms with Crippen molar-refractivity contribution in [1.82, 2.24) is 4.98 Å². The van der Waals surface area contributed by atoms with Crippen LogP contribution in [0.2, 0.25) is 6.55 Å². The summed E-state index contributed by atoms with van der Waals surface area (Å²) in [4.78, 5) is 4.57. The van der Waals surface area contributed by atoms with Crippen LogP contribution in [0.15, 0.2) is 134 Å². The number of hydrogen-bond acceptors (Lipinski definition) is 1. The van der Waals surface area contributed by atoms with Gasteiger partial charge in [0, 0.05) is 11.6 Å². The number of nitrogens with zero attached hydrogens (tertiary/aromatic N) is 1. The van der Waals surface area contributed by atoms with E-state index in [2.05, 4.69) is 147 Å². The summed E-state index contributed by atoms with van der Waals surface area (Å²) in [7, 11) is 0. The van der Waals surface area contributed by atoms with Gasteiger partial charge >= 0.3 is 70.8 Å². The molecular weight excluding hydrogens is 637 g/mol. The van der Waals surface area contributed by atoms with Gasteiger partial charge in [0.1, 0.15) is 0 Å². The molecule has 0 fully saturated rings. The number of para-hydroxylation sites is 1. The van der Waals surface area contributed by atoms with Crippen molar-refractivity contribution in [3.8, 4) is 11.1 Å². The summed E-state index contributed by atoms with van der Waals surface area (Å²) < 4.78 is 0.